The highest BCUT2D eigenvalue weighted by Crippen LogP contribution is 2.23. The average Bonchev–Trinajstić information content (AvgIpc) is 3.03. The molecule has 0 aliphatic rings. The Labute approximate surface area is 141 Å². The van der Waals surface area contributed by atoms with Gasteiger partial charge in [-0.1, -0.05) is 18.2 Å². The molecule has 0 amide bonds. The number of nitrogens with one attached hydrogen (secondary N) is 1. The second-order valence-corrected chi connectivity index (χ2v) is 5.64. The van der Waals surface area contributed by atoms with Crippen LogP contribution >= 0.6 is 0 Å². The van der Waals surface area contributed by atoms with Crippen LogP contribution in [0.2, 0.25) is 0 Å². The number of phenols is 1. The third-order valence-corrected chi connectivity index (χ3v) is 3.91. The molecule has 0 saturated carbocycles. The van der Waals surface area contributed by atoms with Crippen LogP contribution in [0.15, 0.2) is 54.6 Å². The number of aromatic hydroxyl groups is 1. The van der Waals surface area contributed by atoms with Gasteiger partial charge in [-0.25, -0.2) is 14.2 Å². The molecule has 4 aromatic rings. The van der Waals surface area contributed by atoms with E-state index >= 15 is 0 Å². The Kier molecular flexibility index (Phi) is 3.57. The Bertz CT molecular complexity index is 1100. The highest BCUT2D eigenvalue weighted by Gasteiger charge is 2.12. The summed E-state index contributed by atoms with van der Waals surface area (Å²) in [5.41, 5.74) is 1.87. The van der Waals surface area contributed by atoms with Crippen molar-refractivity contribution in [3.63, 3.8) is 0 Å². The fourth-order valence-corrected chi connectivity index (χ4v) is 2.68. The summed E-state index contributed by atoms with van der Waals surface area (Å²) in [4.78, 5) is 19.4. The molecule has 6 heteroatoms. The standard InChI is InChI=1S/C19H13FN2O3/c20-13-5-7-15-12(8-13)9-16(22-15)19(24)25-10-14-6-4-11-2-1-3-17(23)18(11)21-14/h1-9,22-23H,10H2. The van der Waals surface area contributed by atoms with Gasteiger partial charge in [0, 0.05) is 16.3 Å². The van der Waals surface area contributed by atoms with Crippen LogP contribution in [-0.2, 0) is 11.3 Å². The summed E-state index contributed by atoms with van der Waals surface area (Å²) < 4.78 is 18.5. The molecule has 0 unspecified atom stereocenters. The van der Waals surface area contributed by atoms with Crippen molar-refractivity contribution in [3.8, 4) is 5.75 Å². The summed E-state index contributed by atoms with van der Waals surface area (Å²) in [6.45, 7) is -0.0349. The lowest BCUT2D eigenvalue weighted by atomic mass is 10.2. The van der Waals surface area contributed by atoms with Crippen LogP contribution in [0.3, 0.4) is 0 Å². The van der Waals surface area contributed by atoms with Crippen molar-refractivity contribution < 1.29 is 19.0 Å². The molecule has 25 heavy (non-hydrogen) atoms. The number of carbonyl (C=O) groups excluding carboxylic acids is 1. The minimum absolute atomic E-state index is 0.0349. The normalized spacial score (nSPS) is 11.1. The molecular formula is C19H13FN2O3. The SMILES string of the molecule is O=C(OCc1ccc2cccc(O)c2n1)c1cc2cc(F)ccc2[nH]1. The summed E-state index contributed by atoms with van der Waals surface area (Å²) in [5, 5.41) is 11.2. The molecule has 0 fully saturated rings. The minimum atomic E-state index is -0.559. The van der Waals surface area contributed by atoms with Gasteiger partial charge >= 0.3 is 5.97 Å². The van der Waals surface area contributed by atoms with E-state index in [-0.39, 0.29) is 23.9 Å². The molecule has 0 saturated heterocycles. The Morgan fingerprint density at radius 1 is 1.12 bits per heavy atom. The first-order valence-corrected chi connectivity index (χ1v) is 7.63. The zero-order valence-corrected chi connectivity index (χ0v) is 13.0. The van der Waals surface area contributed by atoms with Crippen molar-refractivity contribution in [3.05, 3.63) is 71.8 Å². The summed E-state index contributed by atoms with van der Waals surface area (Å²) in [7, 11) is 0. The van der Waals surface area contributed by atoms with E-state index in [2.05, 4.69) is 9.97 Å². The van der Waals surface area contributed by atoms with Crippen LogP contribution in [0.25, 0.3) is 21.8 Å². The number of halogens is 1. The Morgan fingerprint density at radius 2 is 2.00 bits per heavy atom. The molecule has 124 valence electrons. The number of rotatable bonds is 3. The second kappa shape index (κ2) is 5.90. The van der Waals surface area contributed by atoms with E-state index in [4.69, 9.17) is 4.74 Å². The molecule has 0 aliphatic carbocycles. The molecule has 2 N–H and O–H groups in total. The Hall–Kier alpha value is -3.41. The lowest BCUT2D eigenvalue weighted by molar-refractivity contribution is 0.0462. The smallest absolute Gasteiger partial charge is 0.355 e. The van der Waals surface area contributed by atoms with Gasteiger partial charge in [0.1, 0.15) is 29.4 Å². The molecule has 0 aliphatic heterocycles. The van der Waals surface area contributed by atoms with E-state index in [1.54, 1.807) is 36.4 Å². The summed E-state index contributed by atoms with van der Waals surface area (Å²) in [6.07, 6.45) is 0. The van der Waals surface area contributed by atoms with Crippen LogP contribution in [0.4, 0.5) is 4.39 Å². The molecule has 0 radical (unpaired) electrons. The molecule has 0 atom stereocenters. The van der Waals surface area contributed by atoms with Crippen molar-refractivity contribution in [2.75, 3.05) is 0 Å². The molecule has 5 nitrogen and oxygen atoms in total. The number of pyridine rings is 1. The molecule has 4 rings (SSSR count). The van der Waals surface area contributed by atoms with Crippen molar-refractivity contribution in [1.82, 2.24) is 9.97 Å². The molecular weight excluding hydrogens is 323 g/mol. The number of ether oxygens (including phenoxy) is 1. The average molecular weight is 336 g/mol. The molecule has 2 aromatic heterocycles. The molecule has 2 aromatic carbocycles. The van der Waals surface area contributed by atoms with Crippen LogP contribution < -0.4 is 0 Å². The second-order valence-electron chi connectivity index (χ2n) is 5.64. The first-order chi connectivity index (χ1) is 12.1. The number of nitrogens with zero attached hydrogens (tertiary/aromatic N) is 1. The van der Waals surface area contributed by atoms with Gasteiger partial charge in [-0.2, -0.15) is 0 Å². The number of phenolic OH excluding ortho intramolecular Hbond substituents is 1. The van der Waals surface area contributed by atoms with Crippen LogP contribution in [0, 0.1) is 5.82 Å². The highest BCUT2D eigenvalue weighted by molar-refractivity contribution is 5.94. The number of aromatic nitrogens is 2. The number of benzene rings is 2. The topological polar surface area (TPSA) is 75.2 Å². The maximum absolute atomic E-state index is 13.2. The van der Waals surface area contributed by atoms with Gasteiger partial charge < -0.3 is 14.8 Å². The summed E-state index contributed by atoms with van der Waals surface area (Å²) in [6, 6.07) is 14.4. The van der Waals surface area contributed by atoms with Gasteiger partial charge in [0.2, 0.25) is 0 Å². The van der Waals surface area contributed by atoms with Gasteiger partial charge in [0.25, 0.3) is 0 Å². The molecule has 0 spiro atoms. The maximum atomic E-state index is 13.2. The number of esters is 1. The quantitative estimate of drug-likeness (QED) is 0.556. The summed E-state index contributed by atoms with van der Waals surface area (Å²) >= 11 is 0. The van der Waals surface area contributed by atoms with E-state index in [9.17, 15) is 14.3 Å². The zero-order chi connectivity index (χ0) is 17.4. The van der Waals surface area contributed by atoms with Gasteiger partial charge in [-0.3, -0.25) is 0 Å². The van der Waals surface area contributed by atoms with Crippen LogP contribution in [-0.4, -0.2) is 21.0 Å². The van der Waals surface area contributed by atoms with Crippen molar-refractivity contribution in [2.45, 2.75) is 6.61 Å². The van der Waals surface area contributed by atoms with Crippen molar-refractivity contribution in [2.24, 2.45) is 0 Å². The molecule has 2 heterocycles. The predicted molar refractivity (Wildman–Crippen MR) is 90.8 cm³/mol. The van der Waals surface area contributed by atoms with Gasteiger partial charge in [0.15, 0.2) is 0 Å². The minimum Gasteiger partial charge on any atom is -0.506 e. The molecule has 0 bridgehead atoms. The van der Waals surface area contributed by atoms with E-state index in [0.717, 1.165) is 5.39 Å². The monoisotopic (exact) mass is 336 g/mol. The summed E-state index contributed by atoms with van der Waals surface area (Å²) in [5.74, 6) is -0.856. The largest absolute Gasteiger partial charge is 0.506 e. The maximum Gasteiger partial charge on any atom is 0.355 e. The predicted octanol–water partition coefficient (Wildman–Crippen LogP) is 3.92. The van der Waals surface area contributed by atoms with Gasteiger partial charge in [-0.15, -0.1) is 0 Å². The Balaban J connectivity index is 1.53. The van der Waals surface area contributed by atoms with E-state index in [1.165, 1.54) is 12.1 Å². The lowest BCUT2D eigenvalue weighted by Crippen LogP contribution is -2.06. The van der Waals surface area contributed by atoms with Crippen molar-refractivity contribution >= 4 is 27.8 Å². The van der Waals surface area contributed by atoms with E-state index in [1.807, 2.05) is 6.07 Å². The van der Waals surface area contributed by atoms with Crippen LogP contribution in [0.1, 0.15) is 16.2 Å². The van der Waals surface area contributed by atoms with Gasteiger partial charge in [-0.05, 0) is 36.4 Å². The third kappa shape index (κ3) is 2.89. The number of fused-ring (bicyclic) bond motifs is 2. The first-order valence-electron chi connectivity index (χ1n) is 7.63. The van der Waals surface area contributed by atoms with E-state index in [0.29, 0.717) is 22.1 Å². The fourth-order valence-electron chi connectivity index (χ4n) is 2.68. The van der Waals surface area contributed by atoms with E-state index < -0.39 is 5.97 Å². The Morgan fingerprint density at radius 3 is 2.88 bits per heavy atom. The number of H-pyrrole nitrogens is 1. The van der Waals surface area contributed by atoms with Gasteiger partial charge in [0.05, 0.1) is 5.69 Å². The first kappa shape index (κ1) is 15.1. The van der Waals surface area contributed by atoms with Crippen molar-refractivity contribution in [1.29, 1.82) is 0 Å². The van der Waals surface area contributed by atoms with Crippen LogP contribution in [0.5, 0.6) is 5.75 Å². The number of para-hydroxylation sites is 1. The number of carbonyl (C=O) groups is 1. The highest BCUT2D eigenvalue weighted by atomic mass is 19.1. The number of hydrogen-bond acceptors (Lipinski definition) is 4. The number of hydrogen-bond donors (Lipinski definition) is 2. The number of aromatic amines is 1. The lowest BCUT2D eigenvalue weighted by Gasteiger charge is -2.05. The third-order valence-electron chi connectivity index (χ3n) is 3.91. The zero-order valence-electron chi connectivity index (χ0n) is 13.0. The fraction of sp³-hybridized carbons (Fsp3) is 0.0526.